The zero-order valence-corrected chi connectivity index (χ0v) is 12.3. The summed E-state index contributed by atoms with van der Waals surface area (Å²) in [7, 11) is 0. The highest BCUT2D eigenvalue weighted by atomic mass is 32.2. The molecule has 0 aromatic rings. The van der Waals surface area contributed by atoms with Gasteiger partial charge in [-0.1, -0.05) is 26.7 Å². The van der Waals surface area contributed by atoms with Crippen molar-refractivity contribution in [3.05, 3.63) is 0 Å². The smallest absolute Gasteiger partial charge is 0.0357 e. The Bertz CT molecular complexity index is 246. The first-order valence-electron chi connectivity index (χ1n) is 7.29. The molecule has 3 unspecified atom stereocenters. The van der Waals surface area contributed by atoms with E-state index in [1.54, 1.807) is 0 Å². The Morgan fingerprint density at radius 3 is 2.88 bits per heavy atom. The molecule has 2 fully saturated rings. The van der Waals surface area contributed by atoms with Gasteiger partial charge in [0, 0.05) is 36.2 Å². The summed E-state index contributed by atoms with van der Waals surface area (Å²) in [5, 5.41) is 0.835. The van der Waals surface area contributed by atoms with Crippen molar-refractivity contribution in [2.45, 2.75) is 56.7 Å². The standard InChI is InChI=1S/C14H28N2S/c1-3-13-10-16(8-9-17-13)14(11-15)7-5-4-6-12(14)2/h12-13H,3-11,15H2,1-2H3. The van der Waals surface area contributed by atoms with Crippen LogP contribution in [-0.2, 0) is 0 Å². The summed E-state index contributed by atoms with van der Waals surface area (Å²) in [6, 6.07) is 0. The highest BCUT2D eigenvalue weighted by molar-refractivity contribution is 8.00. The summed E-state index contributed by atoms with van der Waals surface area (Å²) >= 11 is 2.16. The second-order valence-corrected chi connectivity index (χ2v) is 7.21. The minimum absolute atomic E-state index is 0.326. The van der Waals surface area contributed by atoms with Crippen molar-refractivity contribution in [1.29, 1.82) is 0 Å². The van der Waals surface area contributed by atoms with Gasteiger partial charge in [0.2, 0.25) is 0 Å². The number of nitrogens with zero attached hydrogens (tertiary/aromatic N) is 1. The van der Waals surface area contributed by atoms with Crippen molar-refractivity contribution in [2.75, 3.05) is 25.4 Å². The SMILES string of the molecule is CCC1CN(C2(CN)CCCCC2C)CCS1. The van der Waals surface area contributed by atoms with Crippen LogP contribution in [0.5, 0.6) is 0 Å². The fourth-order valence-corrected chi connectivity index (χ4v) is 4.85. The Hall–Kier alpha value is 0.270. The van der Waals surface area contributed by atoms with Crippen LogP contribution in [0.15, 0.2) is 0 Å². The van der Waals surface area contributed by atoms with E-state index >= 15 is 0 Å². The minimum Gasteiger partial charge on any atom is -0.329 e. The van der Waals surface area contributed by atoms with Crippen LogP contribution in [0.1, 0.15) is 46.0 Å². The van der Waals surface area contributed by atoms with E-state index in [1.807, 2.05) is 0 Å². The van der Waals surface area contributed by atoms with Crippen molar-refractivity contribution < 1.29 is 0 Å². The average Bonchev–Trinajstić information content (AvgIpc) is 2.40. The van der Waals surface area contributed by atoms with Gasteiger partial charge in [0.05, 0.1) is 0 Å². The van der Waals surface area contributed by atoms with Gasteiger partial charge in [0.15, 0.2) is 0 Å². The van der Waals surface area contributed by atoms with Crippen molar-refractivity contribution in [2.24, 2.45) is 11.7 Å². The van der Waals surface area contributed by atoms with Gasteiger partial charge in [-0.05, 0) is 25.2 Å². The molecule has 0 bridgehead atoms. The fourth-order valence-electron chi connectivity index (χ4n) is 3.67. The lowest BCUT2D eigenvalue weighted by atomic mass is 9.72. The molecule has 3 atom stereocenters. The second kappa shape index (κ2) is 5.94. The molecule has 0 aromatic carbocycles. The minimum atomic E-state index is 0.326. The van der Waals surface area contributed by atoms with Crippen LogP contribution < -0.4 is 5.73 Å². The number of nitrogens with two attached hydrogens (primary N) is 1. The summed E-state index contributed by atoms with van der Waals surface area (Å²) < 4.78 is 0. The highest BCUT2D eigenvalue weighted by Crippen LogP contribution is 2.40. The van der Waals surface area contributed by atoms with Gasteiger partial charge in [0.1, 0.15) is 0 Å². The molecule has 1 aliphatic carbocycles. The van der Waals surface area contributed by atoms with E-state index in [9.17, 15) is 0 Å². The van der Waals surface area contributed by atoms with Crippen LogP contribution >= 0.6 is 11.8 Å². The van der Waals surface area contributed by atoms with E-state index in [4.69, 9.17) is 5.73 Å². The van der Waals surface area contributed by atoms with Crippen LogP contribution in [0.2, 0.25) is 0 Å². The van der Waals surface area contributed by atoms with Gasteiger partial charge < -0.3 is 5.73 Å². The van der Waals surface area contributed by atoms with Crippen LogP contribution in [0, 0.1) is 5.92 Å². The molecule has 2 rings (SSSR count). The molecule has 17 heavy (non-hydrogen) atoms. The Labute approximate surface area is 111 Å². The molecule has 100 valence electrons. The predicted molar refractivity (Wildman–Crippen MR) is 77.5 cm³/mol. The van der Waals surface area contributed by atoms with Crippen molar-refractivity contribution in [3.63, 3.8) is 0 Å². The monoisotopic (exact) mass is 256 g/mol. The van der Waals surface area contributed by atoms with E-state index < -0.39 is 0 Å². The number of thioether (sulfide) groups is 1. The van der Waals surface area contributed by atoms with Crippen LogP contribution in [0.4, 0.5) is 0 Å². The molecule has 3 heteroatoms. The quantitative estimate of drug-likeness (QED) is 0.842. The van der Waals surface area contributed by atoms with Gasteiger partial charge in [-0.15, -0.1) is 0 Å². The molecule has 2 aliphatic rings. The third-order valence-electron chi connectivity index (χ3n) is 4.99. The molecule has 2 N–H and O–H groups in total. The summed E-state index contributed by atoms with van der Waals surface area (Å²) in [5.41, 5.74) is 6.52. The summed E-state index contributed by atoms with van der Waals surface area (Å²) in [6.45, 7) is 8.12. The Balaban J connectivity index is 2.10. The first-order valence-corrected chi connectivity index (χ1v) is 8.34. The lowest BCUT2D eigenvalue weighted by Gasteiger charge is -2.52. The molecule has 0 aromatic heterocycles. The Morgan fingerprint density at radius 2 is 2.24 bits per heavy atom. The Morgan fingerprint density at radius 1 is 1.41 bits per heavy atom. The van der Waals surface area contributed by atoms with Gasteiger partial charge in [-0.25, -0.2) is 0 Å². The summed E-state index contributed by atoms with van der Waals surface area (Å²) in [4.78, 5) is 2.75. The van der Waals surface area contributed by atoms with E-state index in [2.05, 4.69) is 30.5 Å². The van der Waals surface area contributed by atoms with Gasteiger partial charge in [0.25, 0.3) is 0 Å². The zero-order chi connectivity index (χ0) is 12.3. The molecule has 1 saturated heterocycles. The zero-order valence-electron chi connectivity index (χ0n) is 11.5. The summed E-state index contributed by atoms with van der Waals surface area (Å²) in [6.07, 6.45) is 6.78. The molecular weight excluding hydrogens is 228 g/mol. The molecular formula is C14H28N2S. The number of hydrogen-bond donors (Lipinski definition) is 1. The maximum absolute atomic E-state index is 6.20. The average molecular weight is 256 g/mol. The predicted octanol–water partition coefficient (Wildman–Crippen LogP) is 2.72. The lowest BCUT2D eigenvalue weighted by molar-refractivity contribution is 0.0155. The second-order valence-electron chi connectivity index (χ2n) is 5.80. The maximum Gasteiger partial charge on any atom is 0.0357 e. The lowest BCUT2D eigenvalue weighted by Crippen LogP contribution is -2.62. The summed E-state index contributed by atoms with van der Waals surface area (Å²) in [5.74, 6) is 2.08. The fraction of sp³-hybridized carbons (Fsp3) is 1.00. The molecule has 1 saturated carbocycles. The van der Waals surface area contributed by atoms with Crippen molar-refractivity contribution in [1.82, 2.24) is 4.90 Å². The molecule has 0 amide bonds. The molecule has 2 nitrogen and oxygen atoms in total. The van der Waals surface area contributed by atoms with Crippen LogP contribution in [0.25, 0.3) is 0 Å². The van der Waals surface area contributed by atoms with E-state index in [1.165, 1.54) is 50.9 Å². The normalized spacial score (nSPS) is 40.4. The highest BCUT2D eigenvalue weighted by Gasteiger charge is 2.43. The van der Waals surface area contributed by atoms with Crippen LogP contribution in [-0.4, -0.2) is 41.1 Å². The number of rotatable bonds is 3. The first-order chi connectivity index (χ1) is 8.23. The van der Waals surface area contributed by atoms with E-state index in [0.717, 1.165) is 17.7 Å². The Kier molecular flexibility index (Phi) is 4.79. The van der Waals surface area contributed by atoms with Crippen molar-refractivity contribution >= 4 is 11.8 Å². The number of hydrogen-bond acceptors (Lipinski definition) is 3. The van der Waals surface area contributed by atoms with Gasteiger partial charge >= 0.3 is 0 Å². The van der Waals surface area contributed by atoms with Gasteiger partial charge in [-0.3, -0.25) is 4.90 Å². The van der Waals surface area contributed by atoms with E-state index in [-0.39, 0.29) is 0 Å². The third kappa shape index (κ3) is 2.66. The molecule has 1 heterocycles. The molecule has 0 spiro atoms. The van der Waals surface area contributed by atoms with E-state index in [0.29, 0.717) is 5.54 Å². The molecule has 0 radical (unpaired) electrons. The molecule has 1 aliphatic heterocycles. The largest absolute Gasteiger partial charge is 0.329 e. The maximum atomic E-state index is 6.20. The third-order valence-corrected chi connectivity index (χ3v) is 6.36. The van der Waals surface area contributed by atoms with Crippen LogP contribution in [0.3, 0.4) is 0 Å². The topological polar surface area (TPSA) is 29.3 Å². The van der Waals surface area contributed by atoms with Gasteiger partial charge in [-0.2, -0.15) is 11.8 Å². The first kappa shape index (κ1) is 13.7. The van der Waals surface area contributed by atoms with Crippen molar-refractivity contribution in [3.8, 4) is 0 Å².